The topological polar surface area (TPSA) is 33.1 Å². The number of benzene rings is 2. The minimum absolute atomic E-state index is 0.119. The minimum Gasteiger partial charge on any atom is -0.370 e. The number of likely N-dealkylation sites (tertiary alicyclic amines) is 1. The molecule has 2 aliphatic rings. The average molecular weight is 489 g/mol. The zero-order valence-electron chi connectivity index (χ0n) is 18.9. The van der Waals surface area contributed by atoms with E-state index in [4.69, 9.17) is 16.7 Å². The number of nitrogens with one attached hydrogen (secondary N) is 1. The van der Waals surface area contributed by atoms with Crippen LogP contribution in [0.25, 0.3) is 5.69 Å². The smallest absolute Gasteiger partial charge is 0.370 e. The molecule has 4 nitrogen and oxygen atoms in total. The summed E-state index contributed by atoms with van der Waals surface area (Å²) >= 11 is 6.43. The fourth-order valence-corrected chi connectivity index (χ4v) is 5.33. The van der Waals surface area contributed by atoms with Gasteiger partial charge in [0.25, 0.3) is 0 Å². The van der Waals surface area contributed by atoms with Crippen molar-refractivity contribution < 1.29 is 13.2 Å². The normalized spacial score (nSPS) is 19.4. The van der Waals surface area contributed by atoms with Gasteiger partial charge in [-0.2, -0.15) is 18.3 Å². The first-order valence-corrected chi connectivity index (χ1v) is 12.3. The fourth-order valence-electron chi connectivity index (χ4n) is 5.13. The molecule has 0 aliphatic carbocycles. The fraction of sp³-hybridized carbons (Fsp3) is 0.423. The molecule has 3 heterocycles. The van der Waals surface area contributed by atoms with Gasteiger partial charge in [0.2, 0.25) is 0 Å². The molecule has 8 heteroatoms. The Morgan fingerprint density at radius 2 is 1.85 bits per heavy atom. The first-order chi connectivity index (χ1) is 16.4. The van der Waals surface area contributed by atoms with Gasteiger partial charge in [-0.25, -0.2) is 4.68 Å². The zero-order chi connectivity index (χ0) is 23.7. The van der Waals surface area contributed by atoms with Crippen LogP contribution in [0.15, 0.2) is 48.5 Å². The number of hydrogen-bond donors (Lipinski definition) is 1. The Morgan fingerprint density at radius 1 is 1.03 bits per heavy atom. The lowest BCUT2D eigenvalue weighted by Crippen LogP contribution is -2.33. The number of fused-ring (bicyclic) bond motifs is 1. The number of aromatic nitrogens is 2. The lowest BCUT2D eigenvalue weighted by molar-refractivity contribution is -0.137. The van der Waals surface area contributed by atoms with Crippen LogP contribution in [0, 0.1) is 0 Å². The van der Waals surface area contributed by atoms with E-state index in [-0.39, 0.29) is 16.8 Å². The summed E-state index contributed by atoms with van der Waals surface area (Å²) in [7, 11) is 0. The Balaban J connectivity index is 1.59. The molecule has 1 aromatic heterocycles. The van der Waals surface area contributed by atoms with E-state index in [1.54, 1.807) is 4.68 Å². The van der Waals surface area contributed by atoms with Gasteiger partial charge in [0, 0.05) is 18.7 Å². The third-order valence-electron chi connectivity index (χ3n) is 6.82. The SMILES string of the molecule is FC(F)(F)c1ccc(Cl)c(-n2nc(C3CCCCN3Cc3ccccc3)c3c2NCCCC3)c1. The predicted octanol–water partition coefficient (Wildman–Crippen LogP) is 7.02. The summed E-state index contributed by atoms with van der Waals surface area (Å²) in [6, 6.07) is 13.9. The van der Waals surface area contributed by atoms with Crippen molar-refractivity contribution in [2.24, 2.45) is 0 Å². The zero-order valence-corrected chi connectivity index (χ0v) is 19.7. The van der Waals surface area contributed by atoms with E-state index in [1.165, 1.54) is 11.6 Å². The molecule has 1 unspecified atom stereocenters. The standard InChI is InChI=1S/C26H28ClF3N4/c27-21-13-12-19(26(28,29)30)16-23(21)34-25-20(10-4-6-14-31-25)24(32-34)22-11-5-7-15-33(22)17-18-8-2-1-3-9-18/h1-3,8-9,12-13,16,22,31H,4-7,10-11,14-15,17H2. The van der Waals surface area contributed by atoms with E-state index in [0.29, 0.717) is 0 Å². The summed E-state index contributed by atoms with van der Waals surface area (Å²) in [6.45, 7) is 2.55. The molecule has 1 fully saturated rings. The molecule has 34 heavy (non-hydrogen) atoms. The molecule has 1 saturated heterocycles. The Hall–Kier alpha value is -2.51. The Morgan fingerprint density at radius 3 is 2.65 bits per heavy atom. The second-order valence-electron chi connectivity index (χ2n) is 9.14. The van der Waals surface area contributed by atoms with Gasteiger partial charge in [-0.05, 0) is 62.4 Å². The number of hydrogen-bond acceptors (Lipinski definition) is 3. The van der Waals surface area contributed by atoms with Gasteiger partial charge in [-0.15, -0.1) is 0 Å². The lowest BCUT2D eigenvalue weighted by Gasteiger charge is -2.35. The number of nitrogens with zero attached hydrogens (tertiary/aromatic N) is 3. The molecule has 0 saturated carbocycles. The maximum absolute atomic E-state index is 13.5. The van der Waals surface area contributed by atoms with Crippen LogP contribution < -0.4 is 5.32 Å². The lowest BCUT2D eigenvalue weighted by atomic mass is 9.94. The van der Waals surface area contributed by atoms with Gasteiger partial charge >= 0.3 is 6.18 Å². The number of anilines is 1. The van der Waals surface area contributed by atoms with E-state index < -0.39 is 11.7 Å². The van der Waals surface area contributed by atoms with Gasteiger partial charge in [-0.3, -0.25) is 4.90 Å². The average Bonchev–Trinajstić information content (AvgIpc) is 3.00. The first kappa shape index (κ1) is 23.2. The number of rotatable bonds is 4. The summed E-state index contributed by atoms with van der Waals surface area (Å²) in [5, 5.41) is 8.66. The van der Waals surface area contributed by atoms with Crippen LogP contribution in [0.3, 0.4) is 0 Å². The molecular weight excluding hydrogens is 461 g/mol. The van der Waals surface area contributed by atoms with Gasteiger partial charge in [0.15, 0.2) is 0 Å². The van der Waals surface area contributed by atoms with Crippen LogP contribution in [0.1, 0.15) is 60.5 Å². The molecule has 0 radical (unpaired) electrons. The van der Waals surface area contributed by atoms with Crippen LogP contribution in [0.5, 0.6) is 0 Å². The van der Waals surface area contributed by atoms with Gasteiger partial charge in [0.05, 0.1) is 28.0 Å². The summed E-state index contributed by atoms with van der Waals surface area (Å²) < 4.78 is 42.0. The Kier molecular flexibility index (Phi) is 6.58. The molecular formula is C26H28ClF3N4. The maximum Gasteiger partial charge on any atom is 0.416 e. The Bertz CT molecular complexity index is 1140. The monoisotopic (exact) mass is 488 g/mol. The van der Waals surface area contributed by atoms with E-state index in [9.17, 15) is 13.2 Å². The molecule has 1 N–H and O–H groups in total. The van der Waals surface area contributed by atoms with Crippen molar-refractivity contribution in [1.82, 2.24) is 14.7 Å². The number of alkyl halides is 3. The molecule has 2 aliphatic heterocycles. The summed E-state index contributed by atoms with van der Waals surface area (Å²) in [5.74, 6) is 0.777. The van der Waals surface area contributed by atoms with Crippen molar-refractivity contribution >= 4 is 17.4 Å². The molecule has 0 amide bonds. The molecule has 2 aromatic carbocycles. The van der Waals surface area contributed by atoms with Crippen molar-refractivity contribution in [2.45, 2.75) is 57.3 Å². The van der Waals surface area contributed by atoms with Gasteiger partial charge < -0.3 is 5.32 Å². The molecule has 5 rings (SSSR count). The van der Waals surface area contributed by atoms with Crippen LogP contribution in [-0.4, -0.2) is 27.8 Å². The van der Waals surface area contributed by atoms with Crippen molar-refractivity contribution in [2.75, 3.05) is 18.4 Å². The van der Waals surface area contributed by atoms with Crippen molar-refractivity contribution in [1.29, 1.82) is 0 Å². The molecule has 3 aromatic rings. The molecule has 180 valence electrons. The van der Waals surface area contributed by atoms with E-state index in [1.807, 2.05) is 6.07 Å². The quantitative estimate of drug-likeness (QED) is 0.428. The highest BCUT2D eigenvalue weighted by Crippen LogP contribution is 2.40. The molecule has 0 spiro atoms. The van der Waals surface area contributed by atoms with Crippen molar-refractivity contribution in [3.8, 4) is 5.69 Å². The minimum atomic E-state index is -4.45. The Labute approximate surface area is 202 Å². The van der Waals surface area contributed by atoms with Crippen LogP contribution in [0.2, 0.25) is 5.02 Å². The summed E-state index contributed by atoms with van der Waals surface area (Å²) in [6.07, 6.45) is 1.63. The number of piperidine rings is 1. The van der Waals surface area contributed by atoms with Crippen LogP contribution in [0.4, 0.5) is 19.0 Å². The van der Waals surface area contributed by atoms with Crippen LogP contribution >= 0.6 is 11.6 Å². The predicted molar refractivity (Wildman–Crippen MR) is 128 cm³/mol. The number of halogens is 4. The van der Waals surface area contributed by atoms with E-state index in [2.05, 4.69) is 34.5 Å². The van der Waals surface area contributed by atoms with E-state index in [0.717, 1.165) is 87.4 Å². The highest BCUT2D eigenvalue weighted by atomic mass is 35.5. The molecule has 1 atom stereocenters. The maximum atomic E-state index is 13.5. The largest absolute Gasteiger partial charge is 0.416 e. The third kappa shape index (κ3) is 4.68. The van der Waals surface area contributed by atoms with Crippen molar-refractivity contribution in [3.05, 3.63) is 75.9 Å². The second-order valence-corrected chi connectivity index (χ2v) is 9.55. The van der Waals surface area contributed by atoms with Gasteiger partial charge in [-0.1, -0.05) is 48.4 Å². The first-order valence-electron chi connectivity index (χ1n) is 11.9. The highest BCUT2D eigenvalue weighted by Gasteiger charge is 2.34. The third-order valence-corrected chi connectivity index (χ3v) is 7.14. The molecule has 0 bridgehead atoms. The highest BCUT2D eigenvalue weighted by molar-refractivity contribution is 6.32. The van der Waals surface area contributed by atoms with Crippen LogP contribution in [-0.2, 0) is 19.1 Å². The summed E-state index contributed by atoms with van der Waals surface area (Å²) in [5.41, 5.74) is 2.86. The summed E-state index contributed by atoms with van der Waals surface area (Å²) in [4.78, 5) is 2.46. The second kappa shape index (κ2) is 9.62. The van der Waals surface area contributed by atoms with Crippen molar-refractivity contribution in [3.63, 3.8) is 0 Å². The van der Waals surface area contributed by atoms with Gasteiger partial charge in [0.1, 0.15) is 5.82 Å². The van der Waals surface area contributed by atoms with E-state index >= 15 is 0 Å².